The molecule has 0 unspecified atom stereocenters. The molecule has 104 valence electrons. The zero-order valence-electron chi connectivity index (χ0n) is 11.7. The Balaban J connectivity index is 1.82. The van der Waals surface area contributed by atoms with Gasteiger partial charge >= 0.3 is 0 Å². The van der Waals surface area contributed by atoms with Crippen molar-refractivity contribution in [1.82, 2.24) is 19.7 Å². The summed E-state index contributed by atoms with van der Waals surface area (Å²) in [5.41, 5.74) is 3.49. The maximum atomic E-state index is 9.75. The minimum absolute atomic E-state index is 0.666. The van der Waals surface area contributed by atoms with E-state index in [0.717, 1.165) is 22.2 Å². The average Bonchev–Trinajstić information content (AvgIpc) is 3.03. The SMILES string of the molecule is CC(C)(O)CCn1cc(-c2ccc3nc[nH]c3c2)cn1. The number of imidazole rings is 1. The van der Waals surface area contributed by atoms with Gasteiger partial charge in [-0.2, -0.15) is 5.10 Å². The molecule has 0 bridgehead atoms. The Labute approximate surface area is 117 Å². The highest BCUT2D eigenvalue weighted by molar-refractivity contribution is 5.81. The third kappa shape index (κ3) is 2.72. The van der Waals surface area contributed by atoms with Crippen LogP contribution in [0.15, 0.2) is 36.9 Å². The second-order valence-corrected chi connectivity index (χ2v) is 5.69. The van der Waals surface area contributed by atoms with E-state index in [2.05, 4.69) is 21.1 Å². The smallest absolute Gasteiger partial charge is 0.0931 e. The number of benzene rings is 1. The molecular weight excluding hydrogens is 252 g/mol. The number of aromatic nitrogens is 4. The van der Waals surface area contributed by atoms with Gasteiger partial charge in [0.15, 0.2) is 0 Å². The van der Waals surface area contributed by atoms with Crippen LogP contribution in [0.25, 0.3) is 22.2 Å². The van der Waals surface area contributed by atoms with Crippen LogP contribution in [-0.2, 0) is 6.54 Å². The number of rotatable bonds is 4. The summed E-state index contributed by atoms with van der Waals surface area (Å²) < 4.78 is 1.87. The topological polar surface area (TPSA) is 66.7 Å². The van der Waals surface area contributed by atoms with Gasteiger partial charge in [0.1, 0.15) is 0 Å². The van der Waals surface area contributed by atoms with E-state index in [1.54, 1.807) is 6.33 Å². The Hall–Kier alpha value is -2.14. The van der Waals surface area contributed by atoms with Crippen molar-refractivity contribution in [1.29, 1.82) is 0 Å². The lowest BCUT2D eigenvalue weighted by Crippen LogP contribution is -2.21. The molecule has 2 heterocycles. The lowest BCUT2D eigenvalue weighted by Gasteiger charge is -2.16. The summed E-state index contributed by atoms with van der Waals surface area (Å²) in [5.74, 6) is 0. The fourth-order valence-electron chi connectivity index (χ4n) is 2.14. The van der Waals surface area contributed by atoms with E-state index in [9.17, 15) is 5.11 Å². The second kappa shape index (κ2) is 4.76. The standard InChI is InChI=1S/C15H18N4O/c1-15(2,20)5-6-19-9-12(8-18-19)11-3-4-13-14(7-11)17-10-16-13/h3-4,7-10,20H,5-6H2,1-2H3,(H,16,17). The predicted molar refractivity (Wildman–Crippen MR) is 78.2 cm³/mol. The fourth-order valence-corrected chi connectivity index (χ4v) is 2.14. The predicted octanol–water partition coefficient (Wildman–Crippen LogP) is 2.59. The minimum atomic E-state index is -0.666. The molecule has 0 aliphatic rings. The molecule has 2 aromatic heterocycles. The molecule has 0 aliphatic heterocycles. The van der Waals surface area contributed by atoms with Crippen molar-refractivity contribution in [3.8, 4) is 11.1 Å². The van der Waals surface area contributed by atoms with Gasteiger partial charge in [0.25, 0.3) is 0 Å². The number of nitrogens with zero attached hydrogens (tertiary/aromatic N) is 3. The molecule has 0 aliphatic carbocycles. The van der Waals surface area contributed by atoms with Crippen LogP contribution in [0.3, 0.4) is 0 Å². The Kier molecular flexibility index (Phi) is 3.06. The van der Waals surface area contributed by atoms with Crippen LogP contribution < -0.4 is 0 Å². The lowest BCUT2D eigenvalue weighted by atomic mass is 10.1. The second-order valence-electron chi connectivity index (χ2n) is 5.69. The Morgan fingerprint density at radius 3 is 2.95 bits per heavy atom. The molecule has 5 nitrogen and oxygen atoms in total. The van der Waals surface area contributed by atoms with Crippen LogP contribution in [0, 0.1) is 0 Å². The van der Waals surface area contributed by atoms with Gasteiger partial charge in [-0.1, -0.05) is 6.07 Å². The quantitative estimate of drug-likeness (QED) is 0.765. The van der Waals surface area contributed by atoms with E-state index in [1.165, 1.54) is 0 Å². The van der Waals surface area contributed by atoms with Crippen LogP contribution in [0.4, 0.5) is 0 Å². The maximum absolute atomic E-state index is 9.75. The first-order valence-corrected chi connectivity index (χ1v) is 6.70. The van der Waals surface area contributed by atoms with Gasteiger partial charge in [-0.15, -0.1) is 0 Å². The lowest BCUT2D eigenvalue weighted by molar-refractivity contribution is 0.0651. The van der Waals surface area contributed by atoms with Crippen LogP contribution in [-0.4, -0.2) is 30.5 Å². The summed E-state index contributed by atoms with van der Waals surface area (Å²) in [4.78, 5) is 7.32. The maximum Gasteiger partial charge on any atom is 0.0931 e. The van der Waals surface area contributed by atoms with Gasteiger partial charge in [0, 0.05) is 18.3 Å². The molecule has 0 saturated carbocycles. The number of hydrogen-bond acceptors (Lipinski definition) is 3. The number of nitrogens with one attached hydrogen (secondary N) is 1. The third-order valence-electron chi connectivity index (χ3n) is 3.34. The number of aryl methyl sites for hydroxylation is 1. The van der Waals surface area contributed by atoms with Crippen LogP contribution >= 0.6 is 0 Å². The van der Waals surface area contributed by atoms with Crippen molar-refractivity contribution >= 4 is 11.0 Å². The molecule has 0 spiro atoms. The van der Waals surface area contributed by atoms with E-state index in [1.807, 2.05) is 43.1 Å². The number of fused-ring (bicyclic) bond motifs is 1. The van der Waals surface area contributed by atoms with E-state index < -0.39 is 5.60 Å². The van der Waals surface area contributed by atoms with Gasteiger partial charge in [-0.25, -0.2) is 4.98 Å². The summed E-state index contributed by atoms with van der Waals surface area (Å²) in [6, 6.07) is 6.11. The molecule has 0 saturated heterocycles. The first-order chi connectivity index (χ1) is 9.51. The molecule has 0 fully saturated rings. The van der Waals surface area contributed by atoms with E-state index in [-0.39, 0.29) is 0 Å². The highest BCUT2D eigenvalue weighted by Gasteiger charge is 2.12. The average molecular weight is 270 g/mol. The van der Waals surface area contributed by atoms with Gasteiger partial charge in [-0.05, 0) is 38.0 Å². The first-order valence-electron chi connectivity index (χ1n) is 6.70. The molecule has 0 atom stereocenters. The molecule has 1 aromatic carbocycles. The Morgan fingerprint density at radius 2 is 2.15 bits per heavy atom. The Morgan fingerprint density at radius 1 is 1.30 bits per heavy atom. The molecule has 3 aromatic rings. The molecular formula is C15H18N4O. The summed E-state index contributed by atoms with van der Waals surface area (Å²) in [6.07, 6.45) is 6.22. The summed E-state index contributed by atoms with van der Waals surface area (Å²) in [7, 11) is 0. The molecule has 3 rings (SSSR count). The van der Waals surface area contributed by atoms with Gasteiger partial charge in [-0.3, -0.25) is 4.68 Å². The van der Waals surface area contributed by atoms with Crippen LogP contribution in [0.5, 0.6) is 0 Å². The highest BCUT2D eigenvalue weighted by Crippen LogP contribution is 2.22. The van der Waals surface area contributed by atoms with Crippen molar-refractivity contribution in [2.45, 2.75) is 32.4 Å². The Bertz CT molecular complexity index is 721. The van der Waals surface area contributed by atoms with E-state index >= 15 is 0 Å². The van der Waals surface area contributed by atoms with Crippen molar-refractivity contribution in [3.05, 3.63) is 36.9 Å². The molecule has 0 radical (unpaired) electrons. The number of aliphatic hydroxyl groups is 1. The zero-order chi connectivity index (χ0) is 14.2. The molecule has 0 amide bonds. The van der Waals surface area contributed by atoms with Crippen molar-refractivity contribution in [2.75, 3.05) is 0 Å². The van der Waals surface area contributed by atoms with Crippen molar-refractivity contribution < 1.29 is 5.11 Å². The minimum Gasteiger partial charge on any atom is -0.390 e. The molecule has 20 heavy (non-hydrogen) atoms. The van der Waals surface area contributed by atoms with Crippen molar-refractivity contribution in [3.63, 3.8) is 0 Å². The number of aromatic amines is 1. The van der Waals surface area contributed by atoms with E-state index in [4.69, 9.17) is 0 Å². The third-order valence-corrected chi connectivity index (χ3v) is 3.34. The van der Waals surface area contributed by atoms with Gasteiger partial charge in [0.2, 0.25) is 0 Å². The summed E-state index contributed by atoms with van der Waals surface area (Å²) >= 11 is 0. The highest BCUT2D eigenvalue weighted by atomic mass is 16.3. The molecule has 2 N–H and O–H groups in total. The first kappa shape index (κ1) is 12.9. The monoisotopic (exact) mass is 270 g/mol. The van der Waals surface area contributed by atoms with E-state index in [0.29, 0.717) is 13.0 Å². The normalized spacial score (nSPS) is 12.2. The zero-order valence-corrected chi connectivity index (χ0v) is 11.7. The van der Waals surface area contributed by atoms with Crippen LogP contribution in [0.2, 0.25) is 0 Å². The molecule has 5 heteroatoms. The number of hydrogen-bond donors (Lipinski definition) is 2. The van der Waals surface area contributed by atoms with Gasteiger partial charge < -0.3 is 10.1 Å². The summed E-state index contributed by atoms with van der Waals surface area (Å²) in [5, 5.41) is 14.1. The largest absolute Gasteiger partial charge is 0.390 e. The number of H-pyrrole nitrogens is 1. The van der Waals surface area contributed by atoms with Crippen LogP contribution in [0.1, 0.15) is 20.3 Å². The summed E-state index contributed by atoms with van der Waals surface area (Å²) in [6.45, 7) is 4.32. The van der Waals surface area contributed by atoms with Gasteiger partial charge in [0.05, 0.1) is 29.2 Å². The van der Waals surface area contributed by atoms with Crippen molar-refractivity contribution in [2.24, 2.45) is 0 Å². The fraction of sp³-hybridized carbons (Fsp3) is 0.333.